The molecular formula is C20H33NO2. The minimum Gasteiger partial charge on any atom is -0.480 e. The Kier molecular flexibility index (Phi) is 6.26. The van der Waals surface area contributed by atoms with Crippen molar-refractivity contribution in [2.75, 3.05) is 0 Å². The largest absolute Gasteiger partial charge is 0.480 e. The number of ether oxygens (including phenoxy) is 1. The molecule has 0 heterocycles. The fourth-order valence-electron chi connectivity index (χ4n) is 3.09. The third-order valence-corrected chi connectivity index (χ3v) is 3.71. The number of benzene rings is 1. The summed E-state index contributed by atoms with van der Waals surface area (Å²) in [5, 5.41) is 3.15. The van der Waals surface area contributed by atoms with Crippen LogP contribution in [-0.2, 0) is 4.79 Å². The summed E-state index contributed by atoms with van der Waals surface area (Å²) in [5.41, 5.74) is 2.09. The maximum absolute atomic E-state index is 12.6. The maximum Gasteiger partial charge on any atom is 0.261 e. The van der Waals surface area contributed by atoms with Crippen LogP contribution in [0.15, 0.2) is 18.2 Å². The van der Waals surface area contributed by atoms with Gasteiger partial charge < -0.3 is 10.1 Å². The van der Waals surface area contributed by atoms with Gasteiger partial charge in [-0.1, -0.05) is 39.8 Å². The van der Waals surface area contributed by atoms with Crippen LogP contribution in [0.2, 0.25) is 0 Å². The molecule has 3 heteroatoms. The Morgan fingerprint density at radius 1 is 1.17 bits per heavy atom. The Morgan fingerprint density at radius 2 is 1.78 bits per heavy atom. The van der Waals surface area contributed by atoms with Gasteiger partial charge >= 0.3 is 0 Å². The number of aryl methyl sites for hydroxylation is 2. The van der Waals surface area contributed by atoms with Crippen LogP contribution in [-0.4, -0.2) is 17.6 Å². The van der Waals surface area contributed by atoms with Crippen molar-refractivity contribution < 1.29 is 9.53 Å². The van der Waals surface area contributed by atoms with Crippen LogP contribution in [0.25, 0.3) is 0 Å². The molecule has 23 heavy (non-hydrogen) atoms. The van der Waals surface area contributed by atoms with E-state index in [9.17, 15) is 4.79 Å². The van der Waals surface area contributed by atoms with Crippen molar-refractivity contribution in [1.29, 1.82) is 0 Å². The first-order chi connectivity index (χ1) is 10.4. The lowest BCUT2D eigenvalue weighted by Crippen LogP contribution is -2.50. The monoisotopic (exact) mass is 319 g/mol. The van der Waals surface area contributed by atoms with Crippen molar-refractivity contribution in [3.8, 4) is 5.75 Å². The third-order valence-electron chi connectivity index (χ3n) is 3.71. The summed E-state index contributed by atoms with van der Waals surface area (Å²) >= 11 is 0. The topological polar surface area (TPSA) is 38.3 Å². The highest BCUT2D eigenvalue weighted by atomic mass is 16.5. The summed E-state index contributed by atoms with van der Waals surface area (Å²) in [5.74, 6) is 0.753. The lowest BCUT2D eigenvalue weighted by Gasteiger charge is -2.34. The average Bonchev–Trinajstić information content (AvgIpc) is 2.35. The van der Waals surface area contributed by atoms with Crippen molar-refractivity contribution in [1.82, 2.24) is 5.32 Å². The molecule has 0 radical (unpaired) electrons. The van der Waals surface area contributed by atoms with Gasteiger partial charge in [0.25, 0.3) is 5.91 Å². The van der Waals surface area contributed by atoms with E-state index in [1.165, 1.54) is 0 Å². The minimum atomic E-state index is -0.463. The van der Waals surface area contributed by atoms with Gasteiger partial charge in [0.15, 0.2) is 6.10 Å². The highest BCUT2D eigenvalue weighted by Gasteiger charge is 2.30. The van der Waals surface area contributed by atoms with Gasteiger partial charge in [0.1, 0.15) is 5.75 Å². The number of hydrogen-bond acceptors (Lipinski definition) is 2. The second kappa shape index (κ2) is 7.37. The fraction of sp³-hybridized carbons (Fsp3) is 0.650. The number of rotatable bonds is 6. The van der Waals surface area contributed by atoms with Crippen LogP contribution in [0.1, 0.15) is 65.5 Å². The van der Waals surface area contributed by atoms with Crippen molar-refractivity contribution in [2.45, 2.75) is 79.9 Å². The molecule has 3 nitrogen and oxygen atoms in total. The minimum absolute atomic E-state index is 0.0392. The summed E-state index contributed by atoms with van der Waals surface area (Å²) in [6.45, 7) is 16.7. The summed E-state index contributed by atoms with van der Waals surface area (Å²) in [4.78, 5) is 12.6. The molecule has 0 saturated carbocycles. The SMILES string of the molecule is CC[C@@H](Oc1cc(C)ccc1C)C(=O)NC(C)(C)CC(C)(C)C. The normalized spacial score (nSPS) is 13.6. The van der Waals surface area contributed by atoms with Gasteiger partial charge in [0.2, 0.25) is 0 Å². The zero-order valence-electron chi connectivity index (χ0n) is 16.0. The number of nitrogens with one attached hydrogen (secondary N) is 1. The molecule has 0 aliphatic carbocycles. The van der Waals surface area contributed by atoms with Crippen molar-refractivity contribution in [3.63, 3.8) is 0 Å². The molecule has 0 fully saturated rings. The molecule has 1 amide bonds. The molecule has 0 aliphatic heterocycles. The number of carbonyl (C=O) groups is 1. The molecule has 0 aromatic heterocycles. The average molecular weight is 319 g/mol. The Morgan fingerprint density at radius 3 is 2.30 bits per heavy atom. The van der Waals surface area contributed by atoms with E-state index in [2.05, 4.69) is 46.0 Å². The molecular weight excluding hydrogens is 286 g/mol. The molecule has 1 atom stereocenters. The Hall–Kier alpha value is -1.51. The molecule has 0 bridgehead atoms. The quantitative estimate of drug-likeness (QED) is 0.818. The molecule has 0 spiro atoms. The van der Waals surface area contributed by atoms with Gasteiger partial charge in [-0.3, -0.25) is 4.79 Å². The van der Waals surface area contributed by atoms with Gasteiger partial charge in [-0.05, 0) is 63.1 Å². The van der Waals surface area contributed by atoms with Crippen LogP contribution in [0.3, 0.4) is 0 Å². The molecule has 0 saturated heterocycles. The molecule has 1 rings (SSSR count). The van der Waals surface area contributed by atoms with E-state index in [1.54, 1.807) is 0 Å². The van der Waals surface area contributed by atoms with Crippen LogP contribution >= 0.6 is 0 Å². The first-order valence-corrected chi connectivity index (χ1v) is 8.49. The Bertz CT molecular complexity index is 541. The summed E-state index contributed by atoms with van der Waals surface area (Å²) in [6, 6.07) is 6.07. The van der Waals surface area contributed by atoms with Crippen molar-refractivity contribution >= 4 is 5.91 Å². The molecule has 0 aliphatic rings. The highest BCUT2D eigenvalue weighted by molar-refractivity contribution is 5.81. The first-order valence-electron chi connectivity index (χ1n) is 8.49. The van der Waals surface area contributed by atoms with Crippen molar-refractivity contribution in [2.24, 2.45) is 5.41 Å². The summed E-state index contributed by atoms with van der Waals surface area (Å²) in [7, 11) is 0. The highest BCUT2D eigenvalue weighted by Crippen LogP contribution is 2.27. The summed E-state index contributed by atoms with van der Waals surface area (Å²) < 4.78 is 6.00. The fourth-order valence-corrected chi connectivity index (χ4v) is 3.09. The molecule has 1 N–H and O–H groups in total. The van der Waals surface area contributed by atoms with E-state index >= 15 is 0 Å². The Labute approximate surface area is 141 Å². The van der Waals surface area contributed by atoms with E-state index in [0.717, 1.165) is 23.3 Å². The standard InChI is InChI=1S/C20H33NO2/c1-9-16(23-17-12-14(2)10-11-15(17)3)18(22)21-20(7,8)13-19(4,5)6/h10-12,16H,9,13H2,1-8H3,(H,21,22)/t16-/m1/s1. The summed E-state index contributed by atoms with van der Waals surface area (Å²) in [6.07, 6.45) is 1.09. The number of hydrogen-bond donors (Lipinski definition) is 1. The predicted octanol–water partition coefficient (Wildman–Crippen LogP) is 4.79. The van der Waals surface area contributed by atoms with Gasteiger partial charge in [0, 0.05) is 5.54 Å². The van der Waals surface area contributed by atoms with E-state index < -0.39 is 6.10 Å². The van der Waals surface area contributed by atoms with Gasteiger partial charge in [0.05, 0.1) is 0 Å². The zero-order chi connectivity index (χ0) is 17.8. The van der Waals surface area contributed by atoms with E-state index in [1.807, 2.05) is 32.9 Å². The van der Waals surface area contributed by atoms with Crippen LogP contribution < -0.4 is 10.1 Å². The maximum atomic E-state index is 12.6. The van der Waals surface area contributed by atoms with E-state index in [0.29, 0.717) is 6.42 Å². The smallest absolute Gasteiger partial charge is 0.261 e. The van der Waals surface area contributed by atoms with Crippen LogP contribution in [0, 0.1) is 19.3 Å². The van der Waals surface area contributed by atoms with Gasteiger partial charge in [-0.15, -0.1) is 0 Å². The van der Waals surface area contributed by atoms with Gasteiger partial charge in [-0.2, -0.15) is 0 Å². The molecule has 130 valence electrons. The van der Waals surface area contributed by atoms with E-state index in [-0.39, 0.29) is 16.9 Å². The lowest BCUT2D eigenvalue weighted by atomic mass is 9.81. The molecule has 1 aromatic carbocycles. The second-order valence-corrected chi connectivity index (χ2v) is 8.39. The van der Waals surface area contributed by atoms with Crippen LogP contribution in [0.4, 0.5) is 0 Å². The second-order valence-electron chi connectivity index (χ2n) is 8.39. The van der Waals surface area contributed by atoms with Crippen molar-refractivity contribution in [3.05, 3.63) is 29.3 Å². The Balaban J connectivity index is 2.81. The zero-order valence-corrected chi connectivity index (χ0v) is 16.0. The van der Waals surface area contributed by atoms with E-state index in [4.69, 9.17) is 4.74 Å². The number of amides is 1. The number of carbonyl (C=O) groups excluding carboxylic acids is 1. The third kappa shape index (κ3) is 6.64. The molecule has 0 unspecified atom stereocenters. The van der Waals surface area contributed by atoms with Gasteiger partial charge in [-0.25, -0.2) is 0 Å². The lowest BCUT2D eigenvalue weighted by molar-refractivity contribution is -0.130. The molecule has 1 aromatic rings. The van der Waals surface area contributed by atoms with Crippen LogP contribution in [0.5, 0.6) is 5.75 Å². The predicted molar refractivity (Wildman–Crippen MR) is 96.9 cm³/mol. The first kappa shape index (κ1) is 19.5.